The standard InChI is InChI=1S/C15H17N3O4/c1-8-4-5-12(22-3)11(6-8)17-13(19)7-10-9(2)16-15(21)18-14(10)20/h4-6H,7H2,1-3H3,(H,17,19)(H2,16,18,20,21). The maximum absolute atomic E-state index is 12.1. The minimum Gasteiger partial charge on any atom is -0.495 e. The molecule has 1 aromatic heterocycles. The average Bonchev–Trinajstić information content (AvgIpc) is 2.43. The topological polar surface area (TPSA) is 104 Å². The van der Waals surface area contributed by atoms with Gasteiger partial charge in [0.2, 0.25) is 5.91 Å². The molecule has 0 saturated carbocycles. The lowest BCUT2D eigenvalue weighted by molar-refractivity contribution is -0.115. The maximum Gasteiger partial charge on any atom is 0.325 e. The van der Waals surface area contributed by atoms with Gasteiger partial charge in [-0.25, -0.2) is 4.79 Å². The van der Waals surface area contributed by atoms with Crippen LogP contribution in [-0.2, 0) is 11.2 Å². The van der Waals surface area contributed by atoms with Crippen molar-refractivity contribution in [3.8, 4) is 5.75 Å². The van der Waals surface area contributed by atoms with Crippen molar-refractivity contribution in [1.29, 1.82) is 0 Å². The van der Waals surface area contributed by atoms with Crippen LogP contribution in [0, 0.1) is 13.8 Å². The van der Waals surface area contributed by atoms with Crippen molar-refractivity contribution >= 4 is 11.6 Å². The number of H-pyrrole nitrogens is 2. The van der Waals surface area contributed by atoms with Crippen molar-refractivity contribution in [2.45, 2.75) is 20.3 Å². The van der Waals surface area contributed by atoms with Gasteiger partial charge in [-0.05, 0) is 31.5 Å². The molecule has 22 heavy (non-hydrogen) atoms. The molecular formula is C15H17N3O4. The van der Waals surface area contributed by atoms with Crippen molar-refractivity contribution in [2.24, 2.45) is 0 Å². The molecule has 1 heterocycles. The van der Waals surface area contributed by atoms with Crippen LogP contribution in [0.25, 0.3) is 0 Å². The second-order valence-corrected chi connectivity index (χ2v) is 4.94. The Labute approximate surface area is 126 Å². The number of methoxy groups -OCH3 is 1. The molecule has 3 N–H and O–H groups in total. The third-order valence-electron chi connectivity index (χ3n) is 3.22. The number of anilines is 1. The fraction of sp³-hybridized carbons (Fsp3) is 0.267. The van der Waals surface area contributed by atoms with Crippen molar-refractivity contribution in [1.82, 2.24) is 9.97 Å². The molecule has 0 unspecified atom stereocenters. The fourth-order valence-corrected chi connectivity index (χ4v) is 2.11. The largest absolute Gasteiger partial charge is 0.495 e. The Balaban J connectivity index is 2.23. The number of aromatic nitrogens is 2. The van der Waals surface area contributed by atoms with E-state index in [4.69, 9.17) is 4.74 Å². The summed E-state index contributed by atoms with van der Waals surface area (Å²) in [5, 5.41) is 2.71. The fourth-order valence-electron chi connectivity index (χ4n) is 2.11. The lowest BCUT2D eigenvalue weighted by Gasteiger charge is -2.11. The number of hydrogen-bond donors (Lipinski definition) is 3. The van der Waals surface area contributed by atoms with Gasteiger partial charge in [-0.2, -0.15) is 0 Å². The molecule has 1 aromatic carbocycles. The number of rotatable bonds is 4. The lowest BCUT2D eigenvalue weighted by atomic mass is 10.1. The molecule has 1 amide bonds. The normalized spacial score (nSPS) is 10.3. The second kappa shape index (κ2) is 6.30. The molecule has 2 rings (SSSR count). The van der Waals surface area contributed by atoms with E-state index in [1.165, 1.54) is 7.11 Å². The van der Waals surface area contributed by atoms with Crippen LogP contribution in [0.2, 0.25) is 0 Å². The Morgan fingerprint density at radius 3 is 2.59 bits per heavy atom. The van der Waals surface area contributed by atoms with E-state index in [0.29, 0.717) is 17.1 Å². The molecule has 0 bridgehead atoms. The SMILES string of the molecule is COc1ccc(C)cc1NC(=O)Cc1c(C)[nH]c(=O)[nH]c1=O. The summed E-state index contributed by atoms with van der Waals surface area (Å²) in [6.07, 6.45) is -0.144. The monoisotopic (exact) mass is 303 g/mol. The molecule has 0 atom stereocenters. The van der Waals surface area contributed by atoms with Gasteiger partial charge in [0.15, 0.2) is 0 Å². The van der Waals surface area contributed by atoms with E-state index in [0.717, 1.165) is 5.56 Å². The van der Waals surface area contributed by atoms with E-state index < -0.39 is 11.2 Å². The number of nitrogens with one attached hydrogen (secondary N) is 3. The average molecular weight is 303 g/mol. The summed E-state index contributed by atoms with van der Waals surface area (Å²) in [5.74, 6) is 0.163. The molecule has 0 saturated heterocycles. The number of hydrogen-bond acceptors (Lipinski definition) is 4. The zero-order valence-corrected chi connectivity index (χ0v) is 12.6. The van der Waals surface area contributed by atoms with Crippen LogP contribution in [0.5, 0.6) is 5.75 Å². The van der Waals surface area contributed by atoms with E-state index in [-0.39, 0.29) is 17.9 Å². The maximum atomic E-state index is 12.1. The van der Waals surface area contributed by atoms with Gasteiger partial charge in [0.1, 0.15) is 5.75 Å². The van der Waals surface area contributed by atoms with Crippen molar-refractivity contribution in [3.63, 3.8) is 0 Å². The predicted octanol–water partition coefficient (Wildman–Crippen LogP) is 0.870. The molecule has 116 valence electrons. The van der Waals surface area contributed by atoms with E-state index in [2.05, 4.69) is 15.3 Å². The van der Waals surface area contributed by atoms with Crippen LogP contribution in [0.4, 0.5) is 5.69 Å². The van der Waals surface area contributed by atoms with Gasteiger partial charge in [0.25, 0.3) is 5.56 Å². The van der Waals surface area contributed by atoms with Gasteiger partial charge in [-0.1, -0.05) is 6.07 Å². The summed E-state index contributed by atoms with van der Waals surface area (Å²) < 4.78 is 5.18. The summed E-state index contributed by atoms with van der Waals surface area (Å²) in [7, 11) is 1.51. The molecule has 0 aliphatic carbocycles. The number of benzene rings is 1. The number of ether oxygens (including phenoxy) is 1. The molecule has 0 fully saturated rings. The van der Waals surface area contributed by atoms with Crippen LogP contribution < -0.4 is 21.3 Å². The van der Waals surface area contributed by atoms with Gasteiger partial charge < -0.3 is 15.0 Å². The van der Waals surface area contributed by atoms with E-state index in [1.54, 1.807) is 19.1 Å². The third-order valence-corrected chi connectivity index (χ3v) is 3.22. The highest BCUT2D eigenvalue weighted by atomic mass is 16.5. The molecule has 0 aliphatic rings. The first kappa shape index (κ1) is 15.6. The van der Waals surface area contributed by atoms with Crippen LogP contribution in [0.1, 0.15) is 16.8 Å². The van der Waals surface area contributed by atoms with E-state index >= 15 is 0 Å². The van der Waals surface area contributed by atoms with Crippen molar-refractivity contribution in [3.05, 3.63) is 55.9 Å². The van der Waals surface area contributed by atoms with Gasteiger partial charge in [0, 0.05) is 11.3 Å². The van der Waals surface area contributed by atoms with Gasteiger partial charge >= 0.3 is 5.69 Å². The number of carbonyl (C=O) groups excluding carboxylic acids is 1. The Hall–Kier alpha value is -2.83. The second-order valence-electron chi connectivity index (χ2n) is 4.94. The Morgan fingerprint density at radius 2 is 1.95 bits per heavy atom. The van der Waals surface area contributed by atoms with Crippen LogP contribution in [0.15, 0.2) is 27.8 Å². The number of aryl methyl sites for hydroxylation is 2. The minimum atomic E-state index is -0.591. The molecule has 0 spiro atoms. The molecule has 2 aromatic rings. The summed E-state index contributed by atoms with van der Waals surface area (Å²) in [6.45, 7) is 3.47. The van der Waals surface area contributed by atoms with Gasteiger partial charge in [-0.3, -0.25) is 14.6 Å². The zero-order valence-electron chi connectivity index (χ0n) is 12.6. The summed E-state index contributed by atoms with van der Waals surface area (Å²) in [6, 6.07) is 5.40. The first-order chi connectivity index (χ1) is 10.4. The third kappa shape index (κ3) is 3.43. The highest BCUT2D eigenvalue weighted by molar-refractivity contribution is 5.93. The Bertz CT molecular complexity index is 820. The predicted molar refractivity (Wildman–Crippen MR) is 82.5 cm³/mol. The summed E-state index contributed by atoms with van der Waals surface area (Å²) in [5.41, 5.74) is 0.948. The zero-order chi connectivity index (χ0) is 16.3. The van der Waals surface area contributed by atoms with Crippen molar-refractivity contribution < 1.29 is 9.53 Å². The lowest BCUT2D eigenvalue weighted by Crippen LogP contribution is -2.29. The Kier molecular flexibility index (Phi) is 4.45. The van der Waals surface area contributed by atoms with E-state index in [9.17, 15) is 14.4 Å². The summed E-state index contributed by atoms with van der Waals surface area (Å²) >= 11 is 0. The number of carbonyl (C=O) groups is 1. The molecule has 0 radical (unpaired) electrons. The molecule has 7 heteroatoms. The van der Waals surface area contributed by atoms with Gasteiger partial charge in [0.05, 0.1) is 19.2 Å². The number of aromatic amines is 2. The molecule has 7 nitrogen and oxygen atoms in total. The first-order valence-electron chi connectivity index (χ1n) is 6.67. The highest BCUT2D eigenvalue weighted by Crippen LogP contribution is 2.25. The first-order valence-corrected chi connectivity index (χ1v) is 6.67. The van der Waals surface area contributed by atoms with Crippen LogP contribution in [0.3, 0.4) is 0 Å². The minimum absolute atomic E-state index is 0.144. The molecular weight excluding hydrogens is 286 g/mol. The van der Waals surface area contributed by atoms with Gasteiger partial charge in [-0.15, -0.1) is 0 Å². The highest BCUT2D eigenvalue weighted by Gasteiger charge is 2.13. The van der Waals surface area contributed by atoms with Crippen molar-refractivity contribution in [2.75, 3.05) is 12.4 Å². The van der Waals surface area contributed by atoms with Crippen LogP contribution in [-0.4, -0.2) is 23.0 Å². The summed E-state index contributed by atoms with van der Waals surface area (Å²) in [4.78, 5) is 39.6. The van der Waals surface area contributed by atoms with Crippen LogP contribution >= 0.6 is 0 Å². The quantitative estimate of drug-likeness (QED) is 0.779. The molecule has 0 aliphatic heterocycles. The smallest absolute Gasteiger partial charge is 0.325 e. The number of amides is 1. The Morgan fingerprint density at radius 1 is 1.23 bits per heavy atom. The van der Waals surface area contributed by atoms with E-state index in [1.807, 2.05) is 13.0 Å².